The number of hydrogen-bond donors (Lipinski definition) is 1. The summed E-state index contributed by atoms with van der Waals surface area (Å²) in [6, 6.07) is 1.61. The number of amides is 1. The average Bonchev–Trinajstić information content (AvgIpc) is 3.49. The molecule has 1 atom stereocenters. The van der Waals surface area contributed by atoms with Gasteiger partial charge in [0.25, 0.3) is 10.0 Å². The van der Waals surface area contributed by atoms with Crippen molar-refractivity contribution in [1.82, 2.24) is 19.8 Å². The molecule has 2 aliphatic rings. The predicted molar refractivity (Wildman–Crippen MR) is 109 cm³/mol. The summed E-state index contributed by atoms with van der Waals surface area (Å²) in [6.07, 6.45) is 5.86. The van der Waals surface area contributed by atoms with E-state index in [4.69, 9.17) is 4.52 Å². The van der Waals surface area contributed by atoms with Crippen molar-refractivity contribution in [3.8, 4) is 11.4 Å². The van der Waals surface area contributed by atoms with Crippen LogP contribution in [-0.4, -0.2) is 48.4 Å². The Kier molecular flexibility index (Phi) is 6.03. The van der Waals surface area contributed by atoms with Gasteiger partial charge in [0.2, 0.25) is 17.6 Å². The fourth-order valence-electron chi connectivity index (χ4n) is 4.08. The summed E-state index contributed by atoms with van der Waals surface area (Å²) >= 11 is 1.15. The van der Waals surface area contributed by atoms with Crippen molar-refractivity contribution < 1.29 is 17.7 Å². The highest BCUT2D eigenvalue weighted by molar-refractivity contribution is 7.91. The maximum absolute atomic E-state index is 13.1. The van der Waals surface area contributed by atoms with E-state index in [1.807, 2.05) is 6.92 Å². The second kappa shape index (κ2) is 8.53. The number of piperidine rings is 1. The van der Waals surface area contributed by atoms with E-state index in [0.29, 0.717) is 49.1 Å². The smallest absolute Gasteiger partial charge is 0.252 e. The average molecular weight is 439 g/mol. The molecule has 2 fully saturated rings. The standard InChI is InChI=1S/C19H26N4O4S2/c1-2-20-18(24)14-8-5-9-23(11-14)29(25,26)16-10-15(12-28-16)17-21-19(27-22-17)13-6-3-4-7-13/h10,12-14H,2-9,11H2,1H3,(H,20,24)/t14-/m1/s1. The topological polar surface area (TPSA) is 105 Å². The number of aromatic nitrogens is 2. The van der Waals surface area contributed by atoms with Gasteiger partial charge in [-0.1, -0.05) is 18.0 Å². The maximum Gasteiger partial charge on any atom is 0.252 e. The quantitative estimate of drug-likeness (QED) is 0.743. The third-order valence-electron chi connectivity index (χ3n) is 5.68. The molecule has 1 amide bonds. The highest BCUT2D eigenvalue weighted by Crippen LogP contribution is 2.35. The Bertz CT molecular complexity index is 963. The van der Waals surface area contributed by atoms with Gasteiger partial charge in [-0.15, -0.1) is 11.3 Å². The van der Waals surface area contributed by atoms with E-state index in [-0.39, 0.29) is 22.6 Å². The molecule has 10 heteroatoms. The zero-order valence-electron chi connectivity index (χ0n) is 16.5. The third kappa shape index (κ3) is 4.24. The Balaban J connectivity index is 1.50. The molecule has 29 heavy (non-hydrogen) atoms. The number of nitrogens with one attached hydrogen (secondary N) is 1. The van der Waals surface area contributed by atoms with E-state index in [9.17, 15) is 13.2 Å². The van der Waals surface area contributed by atoms with Crippen LogP contribution in [0.25, 0.3) is 11.4 Å². The molecule has 1 saturated carbocycles. The minimum Gasteiger partial charge on any atom is -0.356 e. The number of carbonyl (C=O) groups excluding carboxylic acids is 1. The molecule has 1 aliphatic heterocycles. The van der Waals surface area contributed by atoms with Crippen LogP contribution in [0.4, 0.5) is 0 Å². The first-order chi connectivity index (χ1) is 14.0. The minimum absolute atomic E-state index is 0.0782. The number of carbonyl (C=O) groups is 1. The minimum atomic E-state index is -3.65. The van der Waals surface area contributed by atoms with Crippen LogP contribution in [-0.2, 0) is 14.8 Å². The van der Waals surface area contributed by atoms with Gasteiger partial charge in [0.05, 0.1) is 5.92 Å². The lowest BCUT2D eigenvalue weighted by atomic mass is 9.99. The molecule has 0 radical (unpaired) electrons. The molecule has 2 aromatic rings. The van der Waals surface area contributed by atoms with Gasteiger partial charge in [-0.05, 0) is 38.7 Å². The zero-order chi connectivity index (χ0) is 20.4. The highest BCUT2D eigenvalue weighted by Gasteiger charge is 2.34. The molecule has 0 bridgehead atoms. The molecule has 1 aliphatic carbocycles. The normalized spacial score (nSPS) is 21.5. The summed E-state index contributed by atoms with van der Waals surface area (Å²) in [6.45, 7) is 3.05. The molecule has 0 unspecified atom stereocenters. The molecule has 8 nitrogen and oxygen atoms in total. The van der Waals surface area contributed by atoms with Crippen LogP contribution in [0.1, 0.15) is 57.3 Å². The summed E-state index contributed by atoms with van der Waals surface area (Å²) in [7, 11) is -3.65. The van der Waals surface area contributed by atoms with Crippen LogP contribution in [0.5, 0.6) is 0 Å². The number of nitrogens with zero attached hydrogens (tertiary/aromatic N) is 3. The van der Waals surface area contributed by atoms with Crippen molar-refractivity contribution in [3.63, 3.8) is 0 Å². The van der Waals surface area contributed by atoms with Crippen LogP contribution in [0.3, 0.4) is 0 Å². The first kappa shape index (κ1) is 20.5. The van der Waals surface area contributed by atoms with Gasteiger partial charge in [0.1, 0.15) is 4.21 Å². The van der Waals surface area contributed by atoms with E-state index in [2.05, 4.69) is 15.5 Å². The van der Waals surface area contributed by atoms with Crippen molar-refractivity contribution in [2.45, 2.75) is 55.6 Å². The lowest BCUT2D eigenvalue weighted by molar-refractivity contribution is -0.125. The summed E-state index contributed by atoms with van der Waals surface area (Å²) in [4.78, 5) is 16.6. The summed E-state index contributed by atoms with van der Waals surface area (Å²) < 4.78 is 33.3. The SMILES string of the molecule is CCNC(=O)[C@@H]1CCCN(S(=O)(=O)c2cc(-c3noc(C4CCCC4)n3)cs2)C1. The van der Waals surface area contributed by atoms with Gasteiger partial charge in [0.15, 0.2) is 0 Å². The van der Waals surface area contributed by atoms with E-state index in [0.717, 1.165) is 24.2 Å². The predicted octanol–water partition coefficient (Wildman–Crippen LogP) is 2.99. The van der Waals surface area contributed by atoms with Gasteiger partial charge >= 0.3 is 0 Å². The Labute approximate surface area is 174 Å². The summed E-state index contributed by atoms with van der Waals surface area (Å²) in [5, 5.41) is 8.60. The Hall–Kier alpha value is -1.78. The second-order valence-electron chi connectivity index (χ2n) is 7.69. The molecule has 4 rings (SSSR count). The van der Waals surface area contributed by atoms with Gasteiger partial charge in [-0.3, -0.25) is 4.79 Å². The molecular weight excluding hydrogens is 412 g/mol. The number of rotatable bonds is 6. The first-order valence-electron chi connectivity index (χ1n) is 10.2. The second-order valence-corrected chi connectivity index (χ2v) is 10.8. The third-order valence-corrected chi connectivity index (χ3v) is 8.96. The molecule has 0 spiro atoms. The fourth-order valence-corrected chi connectivity index (χ4v) is 6.92. The van der Waals surface area contributed by atoms with Crippen molar-refractivity contribution in [2.75, 3.05) is 19.6 Å². The Morgan fingerprint density at radius 2 is 2.10 bits per heavy atom. The van der Waals surface area contributed by atoms with Gasteiger partial charge in [0, 0.05) is 36.5 Å². The van der Waals surface area contributed by atoms with E-state index >= 15 is 0 Å². The largest absolute Gasteiger partial charge is 0.356 e. The lowest BCUT2D eigenvalue weighted by Gasteiger charge is -2.30. The van der Waals surface area contributed by atoms with Crippen LogP contribution in [0.2, 0.25) is 0 Å². The first-order valence-corrected chi connectivity index (χ1v) is 12.5. The lowest BCUT2D eigenvalue weighted by Crippen LogP contribution is -2.45. The molecule has 3 heterocycles. The van der Waals surface area contributed by atoms with Crippen molar-refractivity contribution in [1.29, 1.82) is 0 Å². The molecule has 1 saturated heterocycles. The van der Waals surface area contributed by atoms with Crippen LogP contribution >= 0.6 is 11.3 Å². The Morgan fingerprint density at radius 3 is 2.86 bits per heavy atom. The number of thiophene rings is 1. The van der Waals surface area contributed by atoms with Crippen molar-refractivity contribution >= 4 is 27.3 Å². The number of hydrogen-bond acceptors (Lipinski definition) is 7. The Morgan fingerprint density at radius 1 is 1.31 bits per heavy atom. The van der Waals surface area contributed by atoms with Gasteiger partial charge < -0.3 is 9.84 Å². The summed E-state index contributed by atoms with van der Waals surface area (Å²) in [5.74, 6) is 1.02. The van der Waals surface area contributed by atoms with E-state index in [1.165, 1.54) is 17.1 Å². The van der Waals surface area contributed by atoms with Gasteiger partial charge in [-0.2, -0.15) is 9.29 Å². The van der Waals surface area contributed by atoms with E-state index < -0.39 is 10.0 Å². The number of sulfonamides is 1. The zero-order valence-corrected chi connectivity index (χ0v) is 18.1. The van der Waals surface area contributed by atoms with Crippen LogP contribution < -0.4 is 5.32 Å². The molecule has 0 aromatic carbocycles. The monoisotopic (exact) mass is 438 g/mol. The maximum atomic E-state index is 13.1. The molecule has 158 valence electrons. The van der Waals surface area contributed by atoms with Crippen molar-refractivity contribution in [2.24, 2.45) is 5.92 Å². The highest BCUT2D eigenvalue weighted by atomic mass is 32.2. The van der Waals surface area contributed by atoms with Gasteiger partial charge in [-0.25, -0.2) is 8.42 Å². The van der Waals surface area contributed by atoms with Crippen molar-refractivity contribution in [3.05, 3.63) is 17.3 Å². The van der Waals surface area contributed by atoms with Crippen LogP contribution in [0.15, 0.2) is 20.2 Å². The molecule has 2 aromatic heterocycles. The fraction of sp³-hybridized carbons (Fsp3) is 0.632. The van der Waals surface area contributed by atoms with E-state index in [1.54, 1.807) is 11.4 Å². The molecular formula is C19H26N4O4S2. The summed E-state index contributed by atoms with van der Waals surface area (Å²) in [5.41, 5.74) is 0.652. The van der Waals surface area contributed by atoms with Crippen LogP contribution in [0, 0.1) is 5.92 Å². The molecule has 1 N–H and O–H groups in total.